The molecule has 0 fully saturated rings. The molecule has 0 spiro atoms. The van der Waals surface area contributed by atoms with Crippen LogP contribution in [0.3, 0.4) is 0 Å². The van der Waals surface area contributed by atoms with E-state index in [-0.39, 0.29) is 0 Å². The van der Waals surface area contributed by atoms with E-state index in [0.717, 1.165) is 23.6 Å². The largest absolute Gasteiger partial charge is 0.497 e. The highest BCUT2D eigenvalue weighted by molar-refractivity contribution is 9.09. The third kappa shape index (κ3) is 3.51. The number of halogens is 1. The number of aldehydes is 1. The Labute approximate surface area is 98.1 Å². The van der Waals surface area contributed by atoms with Crippen molar-refractivity contribution in [2.75, 3.05) is 12.4 Å². The first-order valence-electron chi connectivity index (χ1n) is 4.67. The van der Waals surface area contributed by atoms with Gasteiger partial charge in [-0.1, -0.05) is 34.1 Å². The van der Waals surface area contributed by atoms with E-state index in [1.807, 2.05) is 24.3 Å². The number of hydrogen-bond donors (Lipinski definition) is 0. The minimum atomic E-state index is 0.653. The number of alkyl halides is 1. The van der Waals surface area contributed by atoms with Crippen LogP contribution in [0, 0.1) is 0 Å². The third-order valence-corrected chi connectivity index (χ3v) is 2.45. The lowest BCUT2D eigenvalue weighted by atomic mass is 10.1. The molecule has 15 heavy (non-hydrogen) atoms. The van der Waals surface area contributed by atoms with Gasteiger partial charge in [-0.15, -0.1) is 0 Å². The average molecular weight is 269 g/mol. The molecule has 0 saturated heterocycles. The zero-order valence-corrected chi connectivity index (χ0v) is 10.2. The van der Waals surface area contributed by atoms with E-state index in [0.29, 0.717) is 11.3 Å². The van der Waals surface area contributed by atoms with E-state index in [9.17, 15) is 4.79 Å². The summed E-state index contributed by atoms with van der Waals surface area (Å²) in [6.45, 7) is 0. The highest BCUT2D eigenvalue weighted by Crippen LogP contribution is 2.17. The molecule has 1 rings (SSSR count). The summed E-state index contributed by atoms with van der Waals surface area (Å²) in [6.07, 6.45) is 5.77. The predicted molar refractivity (Wildman–Crippen MR) is 65.8 cm³/mol. The zero-order chi connectivity index (χ0) is 11.1. The summed E-state index contributed by atoms with van der Waals surface area (Å²) in [5, 5.41) is 0.927. The Morgan fingerprint density at radius 2 is 2.20 bits per heavy atom. The van der Waals surface area contributed by atoms with Crippen molar-refractivity contribution in [2.24, 2.45) is 0 Å². The SMILES string of the molecule is COc1ccc(C=CCCBr)c(C=O)c1. The van der Waals surface area contributed by atoms with Gasteiger partial charge in [-0.3, -0.25) is 4.79 Å². The highest BCUT2D eigenvalue weighted by Gasteiger charge is 2.00. The van der Waals surface area contributed by atoms with Gasteiger partial charge in [0.1, 0.15) is 5.75 Å². The molecule has 0 aliphatic rings. The summed E-state index contributed by atoms with van der Waals surface area (Å²) in [7, 11) is 1.59. The molecular weight excluding hydrogens is 256 g/mol. The molecule has 1 aromatic rings. The molecule has 0 atom stereocenters. The third-order valence-electron chi connectivity index (χ3n) is 1.99. The second kappa shape index (κ2) is 6.40. The molecule has 0 aromatic heterocycles. The van der Waals surface area contributed by atoms with Crippen molar-refractivity contribution in [3.63, 3.8) is 0 Å². The number of methoxy groups -OCH3 is 1. The van der Waals surface area contributed by atoms with E-state index in [1.54, 1.807) is 13.2 Å². The monoisotopic (exact) mass is 268 g/mol. The van der Waals surface area contributed by atoms with Crippen LogP contribution in [-0.4, -0.2) is 18.7 Å². The van der Waals surface area contributed by atoms with Gasteiger partial charge in [0.05, 0.1) is 7.11 Å². The molecule has 0 saturated carbocycles. The summed E-state index contributed by atoms with van der Waals surface area (Å²) < 4.78 is 5.05. The minimum absolute atomic E-state index is 0.653. The number of rotatable bonds is 5. The van der Waals surface area contributed by atoms with Crippen LogP contribution in [0.2, 0.25) is 0 Å². The normalized spacial score (nSPS) is 10.5. The topological polar surface area (TPSA) is 26.3 Å². The molecule has 0 heterocycles. The molecule has 3 heteroatoms. The summed E-state index contributed by atoms with van der Waals surface area (Å²) in [5.41, 5.74) is 1.58. The number of carbonyl (C=O) groups excluding carboxylic acids is 1. The Morgan fingerprint density at radius 3 is 2.80 bits per heavy atom. The Morgan fingerprint density at radius 1 is 1.40 bits per heavy atom. The first-order valence-corrected chi connectivity index (χ1v) is 5.79. The van der Waals surface area contributed by atoms with Gasteiger partial charge >= 0.3 is 0 Å². The smallest absolute Gasteiger partial charge is 0.150 e. The first-order chi connectivity index (χ1) is 7.31. The molecule has 80 valence electrons. The molecule has 0 unspecified atom stereocenters. The van der Waals surface area contributed by atoms with Crippen LogP contribution in [0.25, 0.3) is 6.08 Å². The Kier molecular flexibility index (Phi) is 5.12. The molecule has 0 aliphatic carbocycles. The highest BCUT2D eigenvalue weighted by atomic mass is 79.9. The van der Waals surface area contributed by atoms with Crippen LogP contribution in [0.5, 0.6) is 5.75 Å². The number of allylic oxidation sites excluding steroid dienone is 1. The van der Waals surface area contributed by atoms with E-state index < -0.39 is 0 Å². The molecular formula is C12H13BrO2. The molecule has 1 aromatic carbocycles. The van der Waals surface area contributed by atoms with Gasteiger partial charge in [0, 0.05) is 10.9 Å². The van der Waals surface area contributed by atoms with Crippen molar-refractivity contribution >= 4 is 28.3 Å². The standard InChI is InChI=1S/C12H13BrO2/c1-15-12-6-5-10(4-2-3-7-13)11(8-12)9-14/h2,4-6,8-9H,3,7H2,1H3. The van der Waals surface area contributed by atoms with Gasteiger partial charge in [-0.05, 0) is 24.1 Å². The van der Waals surface area contributed by atoms with Gasteiger partial charge < -0.3 is 4.74 Å². The molecule has 0 radical (unpaired) electrons. The van der Waals surface area contributed by atoms with E-state index in [2.05, 4.69) is 15.9 Å². The van der Waals surface area contributed by atoms with Crippen molar-refractivity contribution in [2.45, 2.75) is 6.42 Å². The van der Waals surface area contributed by atoms with Crippen molar-refractivity contribution in [3.05, 3.63) is 35.4 Å². The van der Waals surface area contributed by atoms with Gasteiger partial charge in [0.2, 0.25) is 0 Å². The molecule has 0 N–H and O–H groups in total. The lowest BCUT2D eigenvalue weighted by Gasteiger charge is -2.03. The van der Waals surface area contributed by atoms with Gasteiger partial charge in [0.25, 0.3) is 0 Å². The fourth-order valence-electron chi connectivity index (χ4n) is 1.21. The van der Waals surface area contributed by atoms with Crippen LogP contribution in [0.15, 0.2) is 24.3 Å². The van der Waals surface area contributed by atoms with E-state index in [4.69, 9.17) is 4.74 Å². The Hall–Kier alpha value is -1.09. The van der Waals surface area contributed by atoms with Gasteiger partial charge in [0.15, 0.2) is 6.29 Å². The van der Waals surface area contributed by atoms with Crippen LogP contribution in [0.1, 0.15) is 22.3 Å². The summed E-state index contributed by atoms with van der Waals surface area (Å²) in [5.74, 6) is 0.703. The molecule has 0 aliphatic heterocycles. The fourth-order valence-corrected chi connectivity index (χ4v) is 1.47. The van der Waals surface area contributed by atoms with E-state index in [1.165, 1.54) is 0 Å². The van der Waals surface area contributed by atoms with Gasteiger partial charge in [-0.25, -0.2) is 0 Å². The fraction of sp³-hybridized carbons (Fsp3) is 0.250. The number of hydrogen-bond acceptors (Lipinski definition) is 2. The lowest BCUT2D eigenvalue weighted by Crippen LogP contribution is -1.89. The first kappa shape index (κ1) is 12.0. The maximum atomic E-state index is 10.8. The Balaban J connectivity index is 2.92. The second-order valence-electron chi connectivity index (χ2n) is 2.99. The molecule has 0 amide bonds. The average Bonchev–Trinajstić information content (AvgIpc) is 2.29. The lowest BCUT2D eigenvalue weighted by molar-refractivity contribution is 0.112. The van der Waals surface area contributed by atoms with Crippen LogP contribution in [-0.2, 0) is 0 Å². The summed E-state index contributed by atoms with van der Waals surface area (Å²) in [6, 6.07) is 5.47. The van der Waals surface area contributed by atoms with Gasteiger partial charge in [-0.2, -0.15) is 0 Å². The number of carbonyl (C=O) groups is 1. The van der Waals surface area contributed by atoms with Crippen LogP contribution >= 0.6 is 15.9 Å². The van der Waals surface area contributed by atoms with Crippen molar-refractivity contribution in [1.82, 2.24) is 0 Å². The Bertz CT molecular complexity index is 359. The summed E-state index contributed by atoms with van der Waals surface area (Å²) in [4.78, 5) is 10.8. The maximum absolute atomic E-state index is 10.8. The van der Waals surface area contributed by atoms with Crippen LogP contribution < -0.4 is 4.74 Å². The van der Waals surface area contributed by atoms with Crippen molar-refractivity contribution in [1.29, 1.82) is 0 Å². The summed E-state index contributed by atoms with van der Waals surface area (Å²) >= 11 is 3.34. The van der Waals surface area contributed by atoms with Crippen LogP contribution in [0.4, 0.5) is 0 Å². The van der Waals surface area contributed by atoms with E-state index >= 15 is 0 Å². The van der Waals surface area contributed by atoms with Crippen molar-refractivity contribution in [3.8, 4) is 5.75 Å². The predicted octanol–water partition coefficient (Wildman–Crippen LogP) is 3.31. The quantitative estimate of drug-likeness (QED) is 0.605. The maximum Gasteiger partial charge on any atom is 0.150 e. The number of ether oxygens (including phenoxy) is 1. The molecule has 0 bridgehead atoms. The second-order valence-corrected chi connectivity index (χ2v) is 3.79. The number of benzene rings is 1. The minimum Gasteiger partial charge on any atom is -0.497 e. The molecule has 2 nitrogen and oxygen atoms in total. The zero-order valence-electron chi connectivity index (χ0n) is 8.57. The van der Waals surface area contributed by atoms with Crippen molar-refractivity contribution < 1.29 is 9.53 Å².